The molecule has 26 heavy (non-hydrogen) atoms. The topological polar surface area (TPSA) is 58.6 Å². The molecule has 0 saturated carbocycles. The molecule has 0 spiro atoms. The summed E-state index contributed by atoms with van der Waals surface area (Å²) in [6.07, 6.45) is 3.80. The third kappa shape index (κ3) is 4.08. The fourth-order valence-electron chi connectivity index (χ4n) is 2.68. The molecule has 0 aliphatic carbocycles. The Labute approximate surface area is 151 Å². The summed E-state index contributed by atoms with van der Waals surface area (Å²) in [5.41, 5.74) is 1.94. The molecule has 2 aromatic rings. The smallest absolute Gasteiger partial charge is 0.265 e. The number of carbonyl (C=O) groups excluding carboxylic acids is 2. The lowest BCUT2D eigenvalue weighted by Gasteiger charge is -2.29. The second-order valence-electron chi connectivity index (χ2n) is 5.89. The van der Waals surface area contributed by atoms with Crippen molar-refractivity contribution in [3.05, 3.63) is 59.9 Å². The summed E-state index contributed by atoms with van der Waals surface area (Å²) in [5, 5.41) is 2.76. The molecule has 6 heteroatoms. The Morgan fingerprint density at radius 3 is 2.77 bits per heavy atom. The lowest BCUT2D eigenvalue weighted by Crippen LogP contribution is -2.39. The van der Waals surface area contributed by atoms with Gasteiger partial charge in [-0.05, 0) is 48.4 Å². The van der Waals surface area contributed by atoms with Crippen LogP contribution in [0.4, 0.5) is 15.8 Å². The molecule has 134 valence electrons. The maximum absolute atomic E-state index is 12.9. The molecule has 1 aliphatic rings. The molecule has 0 unspecified atom stereocenters. The van der Waals surface area contributed by atoms with Gasteiger partial charge in [-0.15, -0.1) is 0 Å². The summed E-state index contributed by atoms with van der Waals surface area (Å²) in [6.45, 7) is 2.62. The number of ether oxygens (including phenoxy) is 1. The zero-order valence-electron chi connectivity index (χ0n) is 14.4. The molecule has 2 aromatic carbocycles. The van der Waals surface area contributed by atoms with Crippen LogP contribution in [0, 0.1) is 5.82 Å². The minimum atomic E-state index is -0.325. The first-order chi connectivity index (χ1) is 12.6. The second-order valence-corrected chi connectivity index (χ2v) is 5.89. The Balaban J connectivity index is 1.73. The highest BCUT2D eigenvalue weighted by molar-refractivity contribution is 6.03. The van der Waals surface area contributed by atoms with E-state index < -0.39 is 0 Å². The molecule has 3 rings (SSSR count). The number of nitrogens with one attached hydrogen (secondary N) is 1. The van der Waals surface area contributed by atoms with E-state index in [-0.39, 0.29) is 24.2 Å². The van der Waals surface area contributed by atoms with Crippen LogP contribution in [-0.4, -0.2) is 25.0 Å². The standard InChI is InChI=1S/C20H19FN2O3/c1-2-11-23-17-12-16(8-9-18(17)26-13-20(23)25)22-19(24)10-5-14-3-6-15(21)7-4-14/h3-10,12H,2,11,13H2,1H3,(H,22,24)/b10-5+. The zero-order chi connectivity index (χ0) is 18.5. The first-order valence-electron chi connectivity index (χ1n) is 8.38. The van der Waals surface area contributed by atoms with Gasteiger partial charge < -0.3 is 15.0 Å². The molecular weight excluding hydrogens is 335 g/mol. The minimum absolute atomic E-state index is 0.0269. The van der Waals surface area contributed by atoms with Gasteiger partial charge in [-0.3, -0.25) is 9.59 Å². The molecule has 1 N–H and O–H groups in total. The number of hydrogen-bond donors (Lipinski definition) is 1. The molecule has 5 nitrogen and oxygen atoms in total. The van der Waals surface area contributed by atoms with Crippen LogP contribution < -0.4 is 15.0 Å². The molecule has 0 saturated heterocycles. The van der Waals surface area contributed by atoms with Gasteiger partial charge in [0.05, 0.1) is 5.69 Å². The van der Waals surface area contributed by atoms with E-state index in [0.29, 0.717) is 23.7 Å². The molecular formula is C20H19FN2O3. The van der Waals surface area contributed by atoms with Crippen molar-refractivity contribution < 1.29 is 18.7 Å². The number of anilines is 2. The van der Waals surface area contributed by atoms with Crippen LogP contribution in [0.1, 0.15) is 18.9 Å². The van der Waals surface area contributed by atoms with Crippen molar-refractivity contribution >= 4 is 29.3 Å². The van der Waals surface area contributed by atoms with E-state index >= 15 is 0 Å². The molecule has 0 aromatic heterocycles. The van der Waals surface area contributed by atoms with E-state index in [1.165, 1.54) is 18.2 Å². The maximum Gasteiger partial charge on any atom is 0.265 e. The fraction of sp³-hybridized carbons (Fsp3) is 0.200. The zero-order valence-corrected chi connectivity index (χ0v) is 14.4. The molecule has 0 radical (unpaired) electrons. The third-order valence-corrected chi connectivity index (χ3v) is 3.91. The fourth-order valence-corrected chi connectivity index (χ4v) is 2.68. The van der Waals surface area contributed by atoms with Gasteiger partial charge in [-0.25, -0.2) is 4.39 Å². The van der Waals surface area contributed by atoms with Gasteiger partial charge in [0, 0.05) is 18.3 Å². The van der Waals surface area contributed by atoms with Crippen LogP contribution >= 0.6 is 0 Å². The molecule has 2 amide bonds. The first kappa shape index (κ1) is 17.7. The number of nitrogens with zero attached hydrogens (tertiary/aromatic N) is 1. The van der Waals surface area contributed by atoms with Crippen molar-refractivity contribution in [2.45, 2.75) is 13.3 Å². The van der Waals surface area contributed by atoms with Crippen LogP contribution in [0.5, 0.6) is 5.75 Å². The monoisotopic (exact) mass is 354 g/mol. The van der Waals surface area contributed by atoms with Crippen LogP contribution in [0.2, 0.25) is 0 Å². The Morgan fingerprint density at radius 1 is 1.27 bits per heavy atom. The number of halogens is 1. The third-order valence-electron chi connectivity index (χ3n) is 3.91. The highest BCUT2D eigenvalue weighted by Gasteiger charge is 2.25. The molecule has 1 aliphatic heterocycles. The van der Waals surface area contributed by atoms with E-state index in [9.17, 15) is 14.0 Å². The number of fused-ring (bicyclic) bond motifs is 1. The Bertz CT molecular complexity index is 847. The van der Waals surface area contributed by atoms with Crippen molar-refractivity contribution in [2.24, 2.45) is 0 Å². The number of benzene rings is 2. The summed E-state index contributed by atoms with van der Waals surface area (Å²) < 4.78 is 18.3. The number of amides is 2. The van der Waals surface area contributed by atoms with Crippen LogP contribution in [0.15, 0.2) is 48.5 Å². The predicted octanol–water partition coefficient (Wildman–Crippen LogP) is 3.61. The Hall–Kier alpha value is -3.15. The van der Waals surface area contributed by atoms with Gasteiger partial charge in [0.25, 0.3) is 5.91 Å². The van der Waals surface area contributed by atoms with Gasteiger partial charge in [0.15, 0.2) is 6.61 Å². The predicted molar refractivity (Wildman–Crippen MR) is 98.6 cm³/mol. The van der Waals surface area contributed by atoms with Crippen molar-refractivity contribution in [2.75, 3.05) is 23.4 Å². The lowest BCUT2D eigenvalue weighted by atomic mass is 10.2. The maximum atomic E-state index is 12.9. The van der Waals surface area contributed by atoms with E-state index in [2.05, 4.69) is 5.32 Å². The molecule has 0 atom stereocenters. The quantitative estimate of drug-likeness (QED) is 0.835. The highest BCUT2D eigenvalue weighted by Crippen LogP contribution is 2.34. The van der Waals surface area contributed by atoms with Crippen molar-refractivity contribution in [1.29, 1.82) is 0 Å². The minimum Gasteiger partial charge on any atom is -0.482 e. The second kappa shape index (κ2) is 7.82. The molecule has 0 bridgehead atoms. The number of hydrogen-bond acceptors (Lipinski definition) is 3. The van der Waals surface area contributed by atoms with Gasteiger partial charge in [0.2, 0.25) is 5.91 Å². The molecule has 0 fully saturated rings. The van der Waals surface area contributed by atoms with Crippen molar-refractivity contribution in [1.82, 2.24) is 0 Å². The van der Waals surface area contributed by atoms with E-state index in [4.69, 9.17) is 4.74 Å². The van der Waals surface area contributed by atoms with Gasteiger partial charge >= 0.3 is 0 Å². The highest BCUT2D eigenvalue weighted by atomic mass is 19.1. The van der Waals surface area contributed by atoms with Crippen LogP contribution in [0.25, 0.3) is 6.08 Å². The average molecular weight is 354 g/mol. The summed E-state index contributed by atoms with van der Waals surface area (Å²) >= 11 is 0. The first-order valence-corrected chi connectivity index (χ1v) is 8.38. The SMILES string of the molecule is CCCN1C(=O)COc2ccc(NC(=O)/C=C/c3ccc(F)cc3)cc21. The van der Waals surface area contributed by atoms with Gasteiger partial charge in [0.1, 0.15) is 11.6 Å². The van der Waals surface area contributed by atoms with Crippen LogP contribution in [-0.2, 0) is 9.59 Å². The van der Waals surface area contributed by atoms with Crippen molar-refractivity contribution in [3.63, 3.8) is 0 Å². The summed E-state index contributed by atoms with van der Waals surface area (Å²) in [4.78, 5) is 25.8. The summed E-state index contributed by atoms with van der Waals surface area (Å²) in [6, 6.07) is 11.0. The Morgan fingerprint density at radius 2 is 2.04 bits per heavy atom. The van der Waals surface area contributed by atoms with Crippen LogP contribution in [0.3, 0.4) is 0 Å². The average Bonchev–Trinajstić information content (AvgIpc) is 2.64. The van der Waals surface area contributed by atoms with E-state index in [0.717, 1.165) is 12.0 Å². The van der Waals surface area contributed by atoms with E-state index in [1.807, 2.05) is 6.92 Å². The largest absolute Gasteiger partial charge is 0.482 e. The summed E-state index contributed by atoms with van der Waals surface area (Å²) in [5.74, 6) is -0.120. The number of carbonyl (C=O) groups is 2. The lowest BCUT2D eigenvalue weighted by molar-refractivity contribution is -0.121. The van der Waals surface area contributed by atoms with Gasteiger partial charge in [-0.1, -0.05) is 19.1 Å². The van der Waals surface area contributed by atoms with E-state index in [1.54, 1.807) is 41.3 Å². The normalized spacial score (nSPS) is 13.5. The molecule has 1 heterocycles. The summed E-state index contributed by atoms with van der Waals surface area (Å²) in [7, 11) is 0. The van der Waals surface area contributed by atoms with Crippen molar-refractivity contribution in [3.8, 4) is 5.75 Å². The Kier molecular flexibility index (Phi) is 5.31. The number of rotatable bonds is 5. The van der Waals surface area contributed by atoms with Gasteiger partial charge in [-0.2, -0.15) is 0 Å².